The molecule has 2 N–H and O–H groups in total. The summed E-state index contributed by atoms with van der Waals surface area (Å²) in [5, 5.41) is 0.782. The van der Waals surface area contributed by atoms with Gasteiger partial charge in [0, 0.05) is 28.2 Å². The van der Waals surface area contributed by atoms with E-state index in [4.69, 9.17) is 10.5 Å². The lowest BCUT2D eigenvalue weighted by Gasteiger charge is -2.42. The van der Waals surface area contributed by atoms with Crippen LogP contribution in [0, 0.1) is 5.92 Å². The second kappa shape index (κ2) is 14.6. The summed E-state index contributed by atoms with van der Waals surface area (Å²) in [5.74, 6) is -8.61. The standard InChI is InChI=1S/C35H37BrF5N3O6S/c36-25-9-7-22-16-24(8-6-23(22)17-25)34(37,38)31(32(45)43-27-10-11-28(43)19-26(42)18-27)44(50-33(46)35(39,40)41)51(47,48)30-14-12-29(13-15-30)49-20-21-4-2-1-3-5-21/h6-9,12-17,21,26-28,31H,1-5,10-11,18-20,42H2/t26?,27?,28?,31-/m0/s1. The van der Waals surface area contributed by atoms with Gasteiger partial charge in [0.1, 0.15) is 5.75 Å². The van der Waals surface area contributed by atoms with Crippen molar-refractivity contribution in [3.05, 3.63) is 70.7 Å². The largest absolute Gasteiger partial charge is 0.493 e. The molecule has 9 nitrogen and oxygen atoms in total. The molecule has 2 saturated heterocycles. The van der Waals surface area contributed by atoms with Crippen LogP contribution in [0.3, 0.4) is 0 Å². The van der Waals surface area contributed by atoms with Gasteiger partial charge in [-0.2, -0.15) is 22.0 Å². The van der Waals surface area contributed by atoms with Crippen LogP contribution in [-0.2, 0) is 30.4 Å². The SMILES string of the molecule is NC1CC2CCC(C1)N2C(=O)[C@H](N(OC(=O)C(F)(F)F)S(=O)(=O)c1ccc(OCC2CCCCC2)cc1)C(F)(F)c1ccc2cc(Br)ccc2c1. The molecule has 3 atom stereocenters. The number of fused-ring (bicyclic) bond motifs is 3. The van der Waals surface area contributed by atoms with Gasteiger partial charge in [0.05, 0.1) is 11.5 Å². The number of sulfonamides is 1. The van der Waals surface area contributed by atoms with Gasteiger partial charge >= 0.3 is 18.1 Å². The highest BCUT2D eigenvalue weighted by Crippen LogP contribution is 2.44. The maximum Gasteiger partial charge on any atom is 0.492 e. The van der Waals surface area contributed by atoms with E-state index < -0.39 is 67.1 Å². The molecule has 1 saturated carbocycles. The Morgan fingerprint density at radius 3 is 2.12 bits per heavy atom. The minimum absolute atomic E-state index is 0.211. The van der Waals surface area contributed by atoms with Crippen LogP contribution < -0.4 is 10.5 Å². The summed E-state index contributed by atoms with van der Waals surface area (Å²) in [6.45, 7) is 0.356. The number of carbonyl (C=O) groups excluding carboxylic acids is 2. The van der Waals surface area contributed by atoms with Crippen molar-refractivity contribution in [2.24, 2.45) is 11.7 Å². The second-order valence-electron chi connectivity index (χ2n) is 13.5. The third-order valence-corrected chi connectivity index (χ3v) is 12.1. The van der Waals surface area contributed by atoms with Crippen molar-refractivity contribution >= 4 is 48.6 Å². The van der Waals surface area contributed by atoms with Crippen LogP contribution in [0.4, 0.5) is 22.0 Å². The Morgan fingerprint density at radius 2 is 1.49 bits per heavy atom. The number of ether oxygens (including phenoxy) is 1. The van der Waals surface area contributed by atoms with Crippen molar-refractivity contribution in [2.75, 3.05) is 6.61 Å². The Kier molecular flexibility index (Phi) is 10.7. The molecule has 2 aliphatic heterocycles. The smallest absolute Gasteiger partial charge is 0.492 e. The first-order valence-corrected chi connectivity index (χ1v) is 19.0. The van der Waals surface area contributed by atoms with Crippen LogP contribution in [0.2, 0.25) is 0 Å². The Balaban J connectivity index is 1.43. The Bertz CT molecular complexity index is 1860. The van der Waals surface area contributed by atoms with Crippen LogP contribution in [-0.4, -0.2) is 66.6 Å². The van der Waals surface area contributed by atoms with Crippen LogP contribution in [0.5, 0.6) is 5.75 Å². The first-order valence-electron chi connectivity index (χ1n) is 16.8. The first kappa shape index (κ1) is 37.4. The van der Waals surface area contributed by atoms with Gasteiger partial charge in [-0.3, -0.25) is 4.79 Å². The Labute approximate surface area is 300 Å². The Morgan fingerprint density at radius 1 is 0.882 bits per heavy atom. The van der Waals surface area contributed by atoms with E-state index >= 15 is 8.78 Å². The van der Waals surface area contributed by atoms with Gasteiger partial charge < -0.3 is 20.2 Å². The number of carbonyl (C=O) groups is 2. The van der Waals surface area contributed by atoms with E-state index in [1.54, 1.807) is 12.1 Å². The molecule has 2 heterocycles. The summed E-state index contributed by atoms with van der Waals surface area (Å²) in [6.07, 6.45) is 0.536. The molecule has 1 aliphatic carbocycles. The van der Waals surface area contributed by atoms with E-state index in [1.165, 1.54) is 24.3 Å². The van der Waals surface area contributed by atoms with Crippen LogP contribution in [0.25, 0.3) is 10.8 Å². The van der Waals surface area contributed by atoms with E-state index in [0.29, 0.717) is 35.2 Å². The highest BCUT2D eigenvalue weighted by molar-refractivity contribution is 9.10. The van der Waals surface area contributed by atoms with Gasteiger partial charge in [0.15, 0.2) is 0 Å². The predicted octanol–water partition coefficient (Wildman–Crippen LogP) is 7.21. The minimum Gasteiger partial charge on any atom is -0.493 e. The number of halogens is 6. The number of piperidine rings is 1. The molecule has 0 radical (unpaired) electrons. The molecule has 2 unspecified atom stereocenters. The maximum atomic E-state index is 17.1. The van der Waals surface area contributed by atoms with Gasteiger partial charge in [0.25, 0.3) is 15.9 Å². The number of hydrogen-bond acceptors (Lipinski definition) is 7. The normalized spacial score (nSPS) is 22.3. The van der Waals surface area contributed by atoms with Crippen molar-refractivity contribution in [1.82, 2.24) is 9.37 Å². The number of hydroxylamine groups is 1. The van der Waals surface area contributed by atoms with E-state index in [2.05, 4.69) is 20.8 Å². The molecule has 3 aliphatic rings. The number of rotatable bonds is 10. The topological polar surface area (TPSA) is 119 Å². The van der Waals surface area contributed by atoms with E-state index in [0.717, 1.165) is 61.3 Å². The summed E-state index contributed by atoms with van der Waals surface area (Å²) in [7, 11) is -5.58. The summed E-state index contributed by atoms with van der Waals surface area (Å²) in [4.78, 5) is 31.4. The maximum absolute atomic E-state index is 17.1. The predicted molar refractivity (Wildman–Crippen MR) is 180 cm³/mol. The third kappa shape index (κ3) is 7.88. The van der Waals surface area contributed by atoms with Crippen molar-refractivity contribution in [1.29, 1.82) is 0 Å². The van der Waals surface area contributed by atoms with Crippen molar-refractivity contribution in [2.45, 2.75) is 98.9 Å². The lowest BCUT2D eigenvalue weighted by molar-refractivity contribution is -0.240. The number of amides is 1. The van der Waals surface area contributed by atoms with E-state index in [-0.39, 0.29) is 30.0 Å². The molecule has 3 fully saturated rings. The number of benzene rings is 3. The molecule has 276 valence electrons. The van der Waals surface area contributed by atoms with Crippen molar-refractivity contribution < 1.29 is 49.5 Å². The van der Waals surface area contributed by atoms with Gasteiger partial charge in [-0.05, 0) is 102 Å². The summed E-state index contributed by atoms with van der Waals surface area (Å²) in [6, 6.07) is 7.32. The van der Waals surface area contributed by atoms with Gasteiger partial charge in [-0.1, -0.05) is 53.4 Å². The van der Waals surface area contributed by atoms with Crippen molar-refractivity contribution in [3.8, 4) is 5.75 Å². The molecule has 0 spiro atoms. The number of alkyl halides is 5. The Hall–Kier alpha value is -3.34. The second-order valence-corrected chi connectivity index (χ2v) is 16.2. The molecule has 16 heteroatoms. The molecule has 2 bridgehead atoms. The van der Waals surface area contributed by atoms with E-state index in [9.17, 15) is 31.2 Å². The van der Waals surface area contributed by atoms with E-state index in [1.807, 2.05) is 0 Å². The number of nitrogens with zero attached hydrogens (tertiary/aromatic N) is 2. The monoisotopic (exact) mass is 801 g/mol. The highest BCUT2D eigenvalue weighted by atomic mass is 79.9. The molecule has 6 rings (SSSR count). The molecule has 3 aromatic rings. The highest BCUT2D eigenvalue weighted by Gasteiger charge is 2.60. The van der Waals surface area contributed by atoms with Gasteiger partial charge in [0.2, 0.25) is 6.04 Å². The fraction of sp³-hybridized carbons (Fsp3) is 0.486. The average molecular weight is 803 g/mol. The average Bonchev–Trinajstić information content (AvgIpc) is 3.37. The van der Waals surface area contributed by atoms with Crippen molar-refractivity contribution in [3.63, 3.8) is 0 Å². The summed E-state index contributed by atoms with van der Waals surface area (Å²) in [5.41, 5.74) is 5.25. The molecule has 1 amide bonds. The fourth-order valence-corrected chi connectivity index (χ4v) is 9.17. The number of hydrogen-bond donors (Lipinski definition) is 1. The molecule has 51 heavy (non-hydrogen) atoms. The minimum atomic E-state index is -5.80. The summed E-state index contributed by atoms with van der Waals surface area (Å²) < 4.78 is 109. The third-order valence-electron chi connectivity index (χ3n) is 9.97. The fourth-order valence-electron chi connectivity index (χ4n) is 7.43. The molecule has 0 aromatic heterocycles. The summed E-state index contributed by atoms with van der Waals surface area (Å²) >= 11 is 3.30. The molecular weight excluding hydrogens is 765 g/mol. The molecular formula is C35H37BrF5N3O6S. The number of nitrogens with two attached hydrogens (primary N) is 1. The van der Waals surface area contributed by atoms with Crippen LogP contribution in [0.1, 0.15) is 63.4 Å². The lowest BCUT2D eigenvalue weighted by Crippen LogP contribution is -2.62. The zero-order chi connectivity index (χ0) is 36.7. The van der Waals surface area contributed by atoms with Gasteiger partial charge in [-0.15, -0.1) is 0 Å². The van der Waals surface area contributed by atoms with Crippen LogP contribution in [0.15, 0.2) is 70.0 Å². The van der Waals surface area contributed by atoms with Crippen LogP contribution >= 0.6 is 15.9 Å². The molecule has 3 aromatic carbocycles. The lowest BCUT2D eigenvalue weighted by atomic mass is 9.90. The first-order chi connectivity index (χ1) is 24.1. The zero-order valence-electron chi connectivity index (χ0n) is 27.3. The van der Waals surface area contributed by atoms with Gasteiger partial charge in [-0.25, -0.2) is 13.2 Å². The quantitative estimate of drug-likeness (QED) is 0.170. The zero-order valence-corrected chi connectivity index (χ0v) is 29.7.